The van der Waals surface area contributed by atoms with Crippen LogP contribution in [0.5, 0.6) is 17.2 Å². The number of hydrogen-bond acceptors (Lipinski definition) is 7. The van der Waals surface area contributed by atoms with E-state index in [4.69, 9.17) is 32.5 Å². The van der Waals surface area contributed by atoms with Crippen molar-refractivity contribution < 1.29 is 9.47 Å². The van der Waals surface area contributed by atoms with E-state index in [2.05, 4.69) is 15.0 Å². The fraction of sp³-hybridized carbons (Fsp3) is 0.0625. The smallest absolute Gasteiger partial charge is 0.225 e. The SMILES string of the molecule is COc1ccc(-c2nc(N)nc(N)n2)cc1Oc1ccc(Cl)cc1. The molecule has 0 unspecified atom stereocenters. The summed E-state index contributed by atoms with van der Waals surface area (Å²) in [6, 6.07) is 12.3. The summed E-state index contributed by atoms with van der Waals surface area (Å²) < 4.78 is 11.2. The monoisotopic (exact) mass is 343 g/mol. The molecule has 0 atom stereocenters. The minimum Gasteiger partial charge on any atom is -0.493 e. The zero-order valence-electron chi connectivity index (χ0n) is 12.7. The maximum atomic E-state index is 5.88. The quantitative estimate of drug-likeness (QED) is 0.748. The lowest BCUT2D eigenvalue weighted by atomic mass is 10.2. The number of aromatic nitrogens is 3. The van der Waals surface area contributed by atoms with Gasteiger partial charge in [-0.2, -0.15) is 15.0 Å². The molecule has 0 radical (unpaired) electrons. The average Bonchev–Trinajstić information content (AvgIpc) is 2.56. The van der Waals surface area contributed by atoms with Crippen molar-refractivity contribution in [2.75, 3.05) is 18.6 Å². The van der Waals surface area contributed by atoms with Crippen LogP contribution >= 0.6 is 11.6 Å². The zero-order chi connectivity index (χ0) is 17.1. The minimum absolute atomic E-state index is 0.0495. The first-order valence-corrected chi connectivity index (χ1v) is 7.32. The third-order valence-electron chi connectivity index (χ3n) is 3.13. The summed E-state index contributed by atoms with van der Waals surface area (Å²) in [5.41, 5.74) is 11.9. The van der Waals surface area contributed by atoms with Crippen molar-refractivity contribution in [3.63, 3.8) is 0 Å². The lowest BCUT2D eigenvalue weighted by Crippen LogP contribution is -2.04. The van der Waals surface area contributed by atoms with Gasteiger partial charge in [0, 0.05) is 10.6 Å². The van der Waals surface area contributed by atoms with Gasteiger partial charge < -0.3 is 20.9 Å². The predicted molar refractivity (Wildman–Crippen MR) is 92.2 cm³/mol. The van der Waals surface area contributed by atoms with Crippen LogP contribution in [0.3, 0.4) is 0 Å². The van der Waals surface area contributed by atoms with E-state index in [1.807, 2.05) is 0 Å². The Morgan fingerprint density at radius 2 is 1.54 bits per heavy atom. The Morgan fingerprint density at radius 1 is 0.875 bits per heavy atom. The number of halogens is 1. The van der Waals surface area contributed by atoms with Gasteiger partial charge in [-0.25, -0.2) is 0 Å². The molecule has 0 fully saturated rings. The molecular weight excluding hydrogens is 330 g/mol. The van der Waals surface area contributed by atoms with Crippen LogP contribution in [0, 0.1) is 0 Å². The van der Waals surface area contributed by atoms with Gasteiger partial charge in [-0.1, -0.05) is 11.6 Å². The Hall–Kier alpha value is -3.06. The molecule has 0 aliphatic carbocycles. The molecule has 3 rings (SSSR count). The van der Waals surface area contributed by atoms with Gasteiger partial charge in [0.25, 0.3) is 0 Å². The average molecular weight is 344 g/mol. The first-order chi connectivity index (χ1) is 11.5. The molecule has 1 heterocycles. The molecule has 4 N–H and O–H groups in total. The fourth-order valence-electron chi connectivity index (χ4n) is 2.06. The summed E-state index contributed by atoms with van der Waals surface area (Å²) in [6.07, 6.45) is 0. The van der Waals surface area contributed by atoms with Gasteiger partial charge in [0.2, 0.25) is 11.9 Å². The topological polar surface area (TPSA) is 109 Å². The molecule has 0 aliphatic heterocycles. The summed E-state index contributed by atoms with van der Waals surface area (Å²) in [4.78, 5) is 11.9. The Balaban J connectivity index is 2.00. The van der Waals surface area contributed by atoms with E-state index in [1.165, 1.54) is 0 Å². The minimum atomic E-state index is 0.0495. The molecule has 0 saturated carbocycles. The van der Waals surface area contributed by atoms with Crippen LogP contribution in [0.1, 0.15) is 0 Å². The molecule has 122 valence electrons. The third kappa shape index (κ3) is 3.47. The lowest BCUT2D eigenvalue weighted by molar-refractivity contribution is 0.379. The van der Waals surface area contributed by atoms with Crippen LogP contribution in [0.15, 0.2) is 42.5 Å². The summed E-state index contributed by atoms with van der Waals surface area (Å²) in [5.74, 6) is 2.12. The number of nitrogens with two attached hydrogens (primary N) is 2. The highest BCUT2D eigenvalue weighted by atomic mass is 35.5. The molecule has 3 aromatic rings. The van der Waals surface area contributed by atoms with Crippen molar-refractivity contribution in [1.29, 1.82) is 0 Å². The second-order valence-corrected chi connectivity index (χ2v) is 5.23. The van der Waals surface area contributed by atoms with Crippen molar-refractivity contribution in [2.45, 2.75) is 0 Å². The fourth-order valence-corrected chi connectivity index (χ4v) is 2.19. The number of benzene rings is 2. The number of anilines is 2. The maximum absolute atomic E-state index is 5.88. The summed E-state index contributed by atoms with van der Waals surface area (Å²) >= 11 is 5.88. The molecule has 0 saturated heterocycles. The molecule has 0 spiro atoms. The second-order valence-electron chi connectivity index (χ2n) is 4.80. The molecule has 0 aliphatic rings. The summed E-state index contributed by atoms with van der Waals surface area (Å²) in [7, 11) is 1.56. The summed E-state index contributed by atoms with van der Waals surface area (Å²) in [5, 5.41) is 0.624. The number of nitrogens with zero attached hydrogens (tertiary/aromatic N) is 3. The highest BCUT2D eigenvalue weighted by molar-refractivity contribution is 6.30. The normalized spacial score (nSPS) is 10.4. The molecule has 1 aromatic heterocycles. The lowest BCUT2D eigenvalue weighted by Gasteiger charge is -2.12. The number of methoxy groups -OCH3 is 1. The Labute approximate surface area is 143 Å². The van der Waals surface area contributed by atoms with Crippen molar-refractivity contribution in [3.8, 4) is 28.6 Å². The van der Waals surface area contributed by atoms with Crippen LogP contribution in [0.4, 0.5) is 11.9 Å². The van der Waals surface area contributed by atoms with E-state index in [-0.39, 0.29) is 11.9 Å². The molecule has 8 heteroatoms. The van der Waals surface area contributed by atoms with Crippen LogP contribution in [0.2, 0.25) is 5.02 Å². The van der Waals surface area contributed by atoms with E-state index in [0.717, 1.165) is 0 Å². The second kappa shape index (κ2) is 6.59. The van der Waals surface area contributed by atoms with E-state index in [0.29, 0.717) is 33.7 Å². The maximum Gasteiger partial charge on any atom is 0.225 e. The van der Waals surface area contributed by atoms with Gasteiger partial charge in [-0.05, 0) is 42.5 Å². The number of nitrogen functional groups attached to an aromatic ring is 2. The number of ether oxygens (including phenoxy) is 2. The zero-order valence-corrected chi connectivity index (χ0v) is 13.5. The van der Waals surface area contributed by atoms with Crippen LogP contribution < -0.4 is 20.9 Å². The molecule has 7 nitrogen and oxygen atoms in total. The Morgan fingerprint density at radius 3 is 2.17 bits per heavy atom. The highest BCUT2D eigenvalue weighted by Crippen LogP contribution is 2.35. The molecule has 24 heavy (non-hydrogen) atoms. The summed E-state index contributed by atoms with van der Waals surface area (Å²) in [6.45, 7) is 0. The largest absolute Gasteiger partial charge is 0.493 e. The standard InChI is InChI=1S/C16H14ClN5O2/c1-23-12-7-2-9(14-20-15(18)22-16(19)21-14)8-13(12)24-11-5-3-10(17)4-6-11/h2-8H,1H3,(H4,18,19,20,21,22). The van der Waals surface area contributed by atoms with Crippen molar-refractivity contribution in [2.24, 2.45) is 0 Å². The van der Waals surface area contributed by atoms with Crippen LogP contribution in [-0.4, -0.2) is 22.1 Å². The van der Waals surface area contributed by atoms with Gasteiger partial charge in [0.15, 0.2) is 17.3 Å². The van der Waals surface area contributed by atoms with Gasteiger partial charge in [0.05, 0.1) is 7.11 Å². The van der Waals surface area contributed by atoms with Crippen molar-refractivity contribution >= 4 is 23.5 Å². The van der Waals surface area contributed by atoms with Crippen LogP contribution in [-0.2, 0) is 0 Å². The van der Waals surface area contributed by atoms with E-state index < -0.39 is 0 Å². The van der Waals surface area contributed by atoms with Gasteiger partial charge in [-0.3, -0.25) is 0 Å². The molecule has 2 aromatic carbocycles. The van der Waals surface area contributed by atoms with E-state index in [1.54, 1.807) is 49.6 Å². The highest BCUT2D eigenvalue weighted by Gasteiger charge is 2.11. The predicted octanol–water partition coefficient (Wildman–Crippen LogP) is 3.16. The molecule has 0 bridgehead atoms. The van der Waals surface area contributed by atoms with E-state index in [9.17, 15) is 0 Å². The first-order valence-electron chi connectivity index (χ1n) is 6.94. The van der Waals surface area contributed by atoms with E-state index >= 15 is 0 Å². The number of rotatable bonds is 4. The van der Waals surface area contributed by atoms with Gasteiger partial charge in [-0.15, -0.1) is 0 Å². The van der Waals surface area contributed by atoms with Crippen molar-refractivity contribution in [3.05, 3.63) is 47.5 Å². The Bertz CT molecular complexity index is 851. The Kier molecular flexibility index (Phi) is 4.35. The van der Waals surface area contributed by atoms with Gasteiger partial charge in [0.1, 0.15) is 5.75 Å². The molecule has 0 amide bonds. The van der Waals surface area contributed by atoms with Crippen LogP contribution in [0.25, 0.3) is 11.4 Å². The number of hydrogen-bond donors (Lipinski definition) is 2. The third-order valence-corrected chi connectivity index (χ3v) is 3.39. The van der Waals surface area contributed by atoms with Crippen molar-refractivity contribution in [1.82, 2.24) is 15.0 Å². The first kappa shape index (κ1) is 15.8. The molecular formula is C16H14ClN5O2. The van der Waals surface area contributed by atoms with Gasteiger partial charge >= 0.3 is 0 Å².